The van der Waals surface area contributed by atoms with Crippen LogP contribution in [0.25, 0.3) is 0 Å². The highest BCUT2D eigenvalue weighted by Crippen LogP contribution is 2.27. The van der Waals surface area contributed by atoms with Crippen LogP contribution in [0.4, 0.5) is 5.69 Å². The zero-order chi connectivity index (χ0) is 19.3. The molecule has 6 nitrogen and oxygen atoms in total. The lowest BCUT2D eigenvalue weighted by Gasteiger charge is -2.32. The van der Waals surface area contributed by atoms with Crippen LogP contribution in [0.15, 0.2) is 54.6 Å². The van der Waals surface area contributed by atoms with E-state index in [0.717, 1.165) is 30.6 Å². The first kappa shape index (κ1) is 19.0. The molecule has 2 aromatic rings. The van der Waals surface area contributed by atoms with Gasteiger partial charge < -0.3 is 10.2 Å². The third kappa shape index (κ3) is 4.38. The second-order valence-corrected chi connectivity index (χ2v) is 8.10. The number of anilines is 1. The summed E-state index contributed by atoms with van der Waals surface area (Å²) in [5, 5.41) is 2.94. The fraction of sp³-hybridized carbons (Fsp3) is 0.333. The number of para-hydroxylation sites is 1. The number of thioether (sulfide) groups is 1. The van der Waals surface area contributed by atoms with E-state index in [1.54, 1.807) is 0 Å². The standard InChI is InChI=1S/C21H24N4O2S/c26-19(25-12-6-10-16-9-4-5-11-18(16)25)14-28-21-22-20(27)17(23-24-21)13-15-7-2-1-3-8-15/h1-5,7-9,11,17,21,23-24H,6,10,12-14H2,(H,22,27). The van der Waals surface area contributed by atoms with Gasteiger partial charge in [-0.25, -0.2) is 10.9 Å². The molecule has 0 bridgehead atoms. The van der Waals surface area contributed by atoms with Crippen molar-refractivity contribution in [2.45, 2.75) is 30.8 Å². The van der Waals surface area contributed by atoms with Crippen LogP contribution in [0.5, 0.6) is 0 Å². The Morgan fingerprint density at radius 1 is 1.07 bits per heavy atom. The molecule has 0 aliphatic carbocycles. The number of aryl methyl sites for hydroxylation is 1. The van der Waals surface area contributed by atoms with Crippen LogP contribution in [0.1, 0.15) is 17.5 Å². The second-order valence-electron chi connectivity index (χ2n) is 7.01. The molecule has 0 spiro atoms. The maximum atomic E-state index is 12.7. The van der Waals surface area contributed by atoms with Crippen molar-refractivity contribution in [2.24, 2.45) is 0 Å². The minimum atomic E-state index is -0.330. The molecule has 146 valence electrons. The molecule has 2 aliphatic heterocycles. The summed E-state index contributed by atoms with van der Waals surface area (Å²) in [6.45, 7) is 0.748. The molecule has 0 aromatic heterocycles. The largest absolute Gasteiger partial charge is 0.329 e. The summed E-state index contributed by atoms with van der Waals surface area (Å²) in [6.07, 6.45) is 2.61. The lowest BCUT2D eigenvalue weighted by atomic mass is 10.0. The Hall–Kier alpha value is -2.35. The van der Waals surface area contributed by atoms with Crippen molar-refractivity contribution in [1.82, 2.24) is 16.2 Å². The number of nitrogens with one attached hydrogen (secondary N) is 3. The lowest BCUT2D eigenvalue weighted by Crippen LogP contribution is -2.64. The number of benzene rings is 2. The summed E-state index contributed by atoms with van der Waals surface area (Å²) in [6, 6.07) is 17.6. The van der Waals surface area contributed by atoms with E-state index in [9.17, 15) is 9.59 Å². The van der Waals surface area contributed by atoms with Crippen molar-refractivity contribution in [3.63, 3.8) is 0 Å². The van der Waals surface area contributed by atoms with Crippen LogP contribution in [-0.4, -0.2) is 35.7 Å². The molecule has 2 aromatic carbocycles. The van der Waals surface area contributed by atoms with Crippen molar-refractivity contribution in [1.29, 1.82) is 0 Å². The molecule has 1 saturated heterocycles. The Balaban J connectivity index is 1.28. The molecule has 3 N–H and O–H groups in total. The third-order valence-corrected chi connectivity index (χ3v) is 6.03. The number of carbonyl (C=O) groups excluding carboxylic acids is 2. The minimum absolute atomic E-state index is 0.0594. The normalized spacial score (nSPS) is 21.7. The summed E-state index contributed by atoms with van der Waals surface area (Å²) in [5.41, 5.74) is 9.19. The highest BCUT2D eigenvalue weighted by atomic mass is 32.2. The number of amides is 2. The van der Waals surface area contributed by atoms with Gasteiger partial charge in [0.2, 0.25) is 11.8 Å². The van der Waals surface area contributed by atoms with Gasteiger partial charge in [-0.2, -0.15) is 0 Å². The van der Waals surface area contributed by atoms with Gasteiger partial charge in [-0.1, -0.05) is 48.5 Å². The van der Waals surface area contributed by atoms with Gasteiger partial charge in [-0.3, -0.25) is 9.59 Å². The van der Waals surface area contributed by atoms with Crippen molar-refractivity contribution in [3.8, 4) is 0 Å². The molecule has 0 saturated carbocycles. The zero-order valence-corrected chi connectivity index (χ0v) is 16.4. The van der Waals surface area contributed by atoms with Crippen molar-refractivity contribution >= 4 is 29.3 Å². The van der Waals surface area contributed by atoms with E-state index in [4.69, 9.17) is 0 Å². The van der Waals surface area contributed by atoms with E-state index in [2.05, 4.69) is 22.2 Å². The predicted octanol–water partition coefficient (Wildman–Crippen LogP) is 1.82. The van der Waals surface area contributed by atoms with E-state index in [1.807, 2.05) is 53.4 Å². The number of carbonyl (C=O) groups is 2. The molecule has 4 rings (SSSR count). The number of fused-ring (bicyclic) bond motifs is 1. The molecule has 2 amide bonds. The summed E-state index contributed by atoms with van der Waals surface area (Å²) in [7, 11) is 0. The van der Waals surface area contributed by atoms with Gasteiger partial charge in [-0.05, 0) is 36.5 Å². The van der Waals surface area contributed by atoms with Crippen LogP contribution < -0.4 is 21.1 Å². The highest BCUT2D eigenvalue weighted by Gasteiger charge is 2.29. The Labute approximate surface area is 169 Å². The van der Waals surface area contributed by atoms with Crippen LogP contribution in [-0.2, 0) is 22.4 Å². The van der Waals surface area contributed by atoms with Gasteiger partial charge in [0.1, 0.15) is 11.5 Å². The number of hydrogen-bond donors (Lipinski definition) is 3. The average Bonchev–Trinajstić information content (AvgIpc) is 2.74. The van der Waals surface area contributed by atoms with Crippen molar-refractivity contribution < 1.29 is 9.59 Å². The SMILES string of the molecule is O=C1NC(SCC(=O)N2CCCc3ccccc32)NNC1Cc1ccccc1. The average molecular weight is 397 g/mol. The molecule has 2 heterocycles. The first-order valence-electron chi connectivity index (χ1n) is 9.56. The first-order chi connectivity index (χ1) is 13.7. The molecule has 28 heavy (non-hydrogen) atoms. The van der Waals surface area contributed by atoms with Crippen molar-refractivity contribution in [2.75, 3.05) is 17.2 Å². The highest BCUT2D eigenvalue weighted by molar-refractivity contribution is 8.00. The maximum Gasteiger partial charge on any atom is 0.240 e. The Morgan fingerprint density at radius 3 is 2.68 bits per heavy atom. The summed E-state index contributed by atoms with van der Waals surface area (Å²) in [4.78, 5) is 27.0. The smallest absolute Gasteiger partial charge is 0.240 e. The molecular formula is C21H24N4O2S. The van der Waals surface area contributed by atoms with E-state index >= 15 is 0 Å². The third-order valence-electron chi connectivity index (χ3n) is 5.05. The topological polar surface area (TPSA) is 73.5 Å². The van der Waals surface area contributed by atoms with E-state index in [1.165, 1.54) is 17.3 Å². The van der Waals surface area contributed by atoms with Crippen LogP contribution in [0.2, 0.25) is 0 Å². The number of hydrogen-bond acceptors (Lipinski definition) is 5. The van der Waals surface area contributed by atoms with Crippen LogP contribution in [0, 0.1) is 0 Å². The van der Waals surface area contributed by atoms with E-state index in [-0.39, 0.29) is 23.4 Å². The number of rotatable bonds is 5. The van der Waals surface area contributed by atoms with Crippen molar-refractivity contribution in [3.05, 3.63) is 65.7 Å². The zero-order valence-electron chi connectivity index (χ0n) is 15.6. The van der Waals surface area contributed by atoms with Gasteiger partial charge in [0.15, 0.2) is 0 Å². The molecule has 2 aliphatic rings. The van der Waals surface area contributed by atoms with Crippen LogP contribution >= 0.6 is 11.8 Å². The Morgan fingerprint density at radius 2 is 1.86 bits per heavy atom. The number of nitrogens with zero attached hydrogens (tertiary/aromatic N) is 1. The first-order valence-corrected chi connectivity index (χ1v) is 10.6. The Bertz CT molecular complexity index is 845. The Kier molecular flexibility index (Phi) is 5.95. The van der Waals surface area contributed by atoms with Crippen LogP contribution in [0.3, 0.4) is 0 Å². The molecule has 2 unspecified atom stereocenters. The van der Waals surface area contributed by atoms with E-state index < -0.39 is 0 Å². The maximum absolute atomic E-state index is 12.7. The fourth-order valence-electron chi connectivity index (χ4n) is 3.61. The number of hydrazine groups is 1. The molecule has 0 radical (unpaired) electrons. The van der Waals surface area contributed by atoms with Gasteiger partial charge >= 0.3 is 0 Å². The van der Waals surface area contributed by atoms with E-state index in [0.29, 0.717) is 12.2 Å². The van der Waals surface area contributed by atoms with Gasteiger partial charge in [0.05, 0.1) is 5.75 Å². The molecule has 7 heteroatoms. The fourth-order valence-corrected chi connectivity index (χ4v) is 4.43. The summed E-state index contributed by atoms with van der Waals surface area (Å²) in [5.74, 6) is 0.313. The molecular weight excluding hydrogens is 372 g/mol. The van der Waals surface area contributed by atoms with Gasteiger partial charge in [-0.15, -0.1) is 11.8 Å². The summed E-state index contributed by atoms with van der Waals surface area (Å²) >= 11 is 1.39. The second kappa shape index (κ2) is 8.77. The minimum Gasteiger partial charge on any atom is -0.329 e. The summed E-state index contributed by atoms with van der Waals surface area (Å²) < 4.78 is 0. The molecule has 1 fully saturated rings. The monoisotopic (exact) mass is 396 g/mol. The quantitative estimate of drug-likeness (QED) is 0.719. The lowest BCUT2D eigenvalue weighted by molar-refractivity contribution is -0.125. The predicted molar refractivity (Wildman–Crippen MR) is 112 cm³/mol. The van der Waals surface area contributed by atoms with Gasteiger partial charge in [0, 0.05) is 12.2 Å². The van der Waals surface area contributed by atoms with Gasteiger partial charge in [0.25, 0.3) is 0 Å². The molecule has 2 atom stereocenters.